The van der Waals surface area contributed by atoms with E-state index in [4.69, 9.17) is 5.11 Å². The molecule has 2 unspecified atom stereocenters. The normalized spacial score (nSPS) is 33.0. The highest BCUT2D eigenvalue weighted by atomic mass is 16.3. The molecule has 0 radical (unpaired) electrons. The molecule has 3 nitrogen and oxygen atoms in total. The molecular weight excluding hydrogens is 200 g/mol. The molecule has 94 valence electrons. The van der Waals surface area contributed by atoms with Gasteiger partial charge in [-0.05, 0) is 37.8 Å². The average Bonchev–Trinajstić information content (AvgIpc) is 2.83. The fraction of sp³-hybridized carbons (Fsp3) is 1.00. The van der Waals surface area contributed by atoms with Crippen LogP contribution in [0.2, 0.25) is 0 Å². The minimum absolute atomic E-state index is 0.374. The van der Waals surface area contributed by atoms with Gasteiger partial charge in [0.05, 0.1) is 0 Å². The number of nitrogens with zero attached hydrogens (tertiary/aromatic N) is 2. The van der Waals surface area contributed by atoms with Crippen molar-refractivity contribution < 1.29 is 5.11 Å². The third kappa shape index (κ3) is 2.96. The van der Waals surface area contributed by atoms with E-state index in [1.54, 1.807) is 0 Å². The maximum absolute atomic E-state index is 9.16. The molecule has 0 spiro atoms. The van der Waals surface area contributed by atoms with E-state index in [0.717, 1.165) is 18.5 Å². The van der Waals surface area contributed by atoms with Crippen LogP contribution in [0.3, 0.4) is 0 Å². The maximum atomic E-state index is 9.16. The molecule has 2 aliphatic heterocycles. The topological polar surface area (TPSA) is 26.7 Å². The van der Waals surface area contributed by atoms with Crippen LogP contribution in [0.15, 0.2) is 0 Å². The van der Waals surface area contributed by atoms with Gasteiger partial charge in [-0.1, -0.05) is 13.8 Å². The van der Waals surface area contributed by atoms with Gasteiger partial charge in [-0.25, -0.2) is 0 Å². The fourth-order valence-corrected chi connectivity index (χ4v) is 3.14. The Hall–Kier alpha value is -0.120. The highest BCUT2D eigenvalue weighted by molar-refractivity contribution is 4.88. The van der Waals surface area contributed by atoms with Gasteiger partial charge in [0.2, 0.25) is 0 Å². The molecule has 2 heterocycles. The van der Waals surface area contributed by atoms with Crippen molar-refractivity contribution in [1.82, 2.24) is 9.80 Å². The molecule has 0 amide bonds. The molecule has 16 heavy (non-hydrogen) atoms. The van der Waals surface area contributed by atoms with Crippen LogP contribution in [0.1, 0.15) is 26.7 Å². The van der Waals surface area contributed by atoms with Gasteiger partial charge in [-0.2, -0.15) is 0 Å². The number of likely N-dealkylation sites (tertiary alicyclic amines) is 2. The first-order valence-electron chi connectivity index (χ1n) is 6.76. The van der Waals surface area contributed by atoms with E-state index in [0.29, 0.717) is 12.5 Å². The molecule has 0 aromatic carbocycles. The summed E-state index contributed by atoms with van der Waals surface area (Å²) in [7, 11) is 0. The number of hydrogen-bond donors (Lipinski definition) is 1. The standard InChI is InChI=1S/C13H26N2O/c1-11(2)7-14-5-4-13(9-14)15-6-3-12(8-15)10-16/h11-13,16H,3-10H2,1-2H3. The van der Waals surface area contributed by atoms with Crippen LogP contribution < -0.4 is 0 Å². The van der Waals surface area contributed by atoms with Gasteiger partial charge < -0.3 is 10.0 Å². The van der Waals surface area contributed by atoms with Crippen molar-refractivity contribution in [3.63, 3.8) is 0 Å². The molecule has 2 aliphatic rings. The number of rotatable bonds is 4. The first-order chi connectivity index (χ1) is 7.69. The summed E-state index contributed by atoms with van der Waals surface area (Å²) in [5, 5.41) is 9.16. The van der Waals surface area contributed by atoms with Gasteiger partial charge in [0.25, 0.3) is 0 Å². The third-order valence-electron chi connectivity index (χ3n) is 3.96. The largest absolute Gasteiger partial charge is 0.396 e. The first-order valence-corrected chi connectivity index (χ1v) is 6.76. The van der Waals surface area contributed by atoms with Gasteiger partial charge in [-0.15, -0.1) is 0 Å². The molecule has 0 aliphatic carbocycles. The van der Waals surface area contributed by atoms with Gasteiger partial charge in [0.15, 0.2) is 0 Å². The molecule has 0 aromatic rings. The predicted molar refractivity (Wildman–Crippen MR) is 66.4 cm³/mol. The lowest BCUT2D eigenvalue weighted by molar-refractivity contribution is 0.193. The highest BCUT2D eigenvalue weighted by Gasteiger charge is 2.32. The molecule has 0 saturated carbocycles. The van der Waals surface area contributed by atoms with E-state index in [9.17, 15) is 0 Å². The number of aliphatic hydroxyl groups is 1. The summed E-state index contributed by atoms with van der Waals surface area (Å²) < 4.78 is 0. The van der Waals surface area contributed by atoms with Crippen molar-refractivity contribution in [3.05, 3.63) is 0 Å². The Kier molecular flexibility index (Phi) is 4.22. The van der Waals surface area contributed by atoms with Gasteiger partial charge in [0.1, 0.15) is 0 Å². The maximum Gasteiger partial charge on any atom is 0.0471 e. The van der Waals surface area contributed by atoms with Crippen molar-refractivity contribution in [1.29, 1.82) is 0 Å². The Bertz CT molecular complexity index is 220. The Labute approximate surface area is 99.4 Å². The zero-order valence-electron chi connectivity index (χ0n) is 10.7. The first kappa shape index (κ1) is 12.3. The summed E-state index contributed by atoms with van der Waals surface area (Å²) in [6, 6.07) is 0.760. The van der Waals surface area contributed by atoms with Crippen LogP contribution in [0, 0.1) is 11.8 Å². The summed E-state index contributed by atoms with van der Waals surface area (Å²) in [5.74, 6) is 1.32. The zero-order chi connectivity index (χ0) is 11.5. The van der Waals surface area contributed by atoms with Crippen LogP contribution in [0.25, 0.3) is 0 Å². The van der Waals surface area contributed by atoms with E-state index < -0.39 is 0 Å². The molecular formula is C13H26N2O. The second-order valence-corrected chi connectivity index (χ2v) is 5.93. The highest BCUT2D eigenvalue weighted by Crippen LogP contribution is 2.23. The number of aliphatic hydroxyl groups excluding tert-OH is 1. The van der Waals surface area contributed by atoms with E-state index in [-0.39, 0.29) is 0 Å². The minimum Gasteiger partial charge on any atom is -0.396 e. The Balaban J connectivity index is 1.76. The zero-order valence-corrected chi connectivity index (χ0v) is 10.7. The molecule has 2 rings (SSSR count). The summed E-state index contributed by atoms with van der Waals surface area (Å²) in [5.41, 5.74) is 0. The molecule has 2 fully saturated rings. The van der Waals surface area contributed by atoms with Crippen molar-refractivity contribution in [2.24, 2.45) is 11.8 Å². The van der Waals surface area contributed by atoms with Crippen LogP contribution >= 0.6 is 0 Å². The van der Waals surface area contributed by atoms with E-state index in [1.165, 1.54) is 39.0 Å². The van der Waals surface area contributed by atoms with Gasteiger partial charge in [0, 0.05) is 32.3 Å². The SMILES string of the molecule is CC(C)CN1CCC(N2CCC(CO)C2)C1. The van der Waals surface area contributed by atoms with Crippen molar-refractivity contribution in [2.75, 3.05) is 39.3 Å². The average molecular weight is 226 g/mol. The minimum atomic E-state index is 0.374. The predicted octanol–water partition coefficient (Wildman–Crippen LogP) is 1.03. The molecule has 0 aromatic heterocycles. The fourth-order valence-electron chi connectivity index (χ4n) is 3.14. The lowest BCUT2D eigenvalue weighted by atomic mass is 10.1. The summed E-state index contributed by atoms with van der Waals surface area (Å²) in [4.78, 5) is 5.20. The second kappa shape index (κ2) is 5.48. The lowest BCUT2D eigenvalue weighted by Gasteiger charge is -2.24. The van der Waals surface area contributed by atoms with Crippen molar-refractivity contribution >= 4 is 0 Å². The Morgan fingerprint density at radius 2 is 2.00 bits per heavy atom. The summed E-state index contributed by atoms with van der Waals surface area (Å²) in [6.45, 7) is 11.0. The molecule has 2 atom stereocenters. The van der Waals surface area contributed by atoms with E-state index in [2.05, 4.69) is 23.6 Å². The number of hydrogen-bond acceptors (Lipinski definition) is 3. The smallest absolute Gasteiger partial charge is 0.0471 e. The van der Waals surface area contributed by atoms with Crippen molar-refractivity contribution in [2.45, 2.75) is 32.7 Å². The monoisotopic (exact) mass is 226 g/mol. The summed E-state index contributed by atoms with van der Waals surface area (Å²) in [6.07, 6.45) is 2.52. The molecule has 0 bridgehead atoms. The summed E-state index contributed by atoms with van der Waals surface area (Å²) >= 11 is 0. The lowest BCUT2D eigenvalue weighted by Crippen LogP contribution is -2.36. The van der Waals surface area contributed by atoms with Crippen LogP contribution in [0.5, 0.6) is 0 Å². The second-order valence-electron chi connectivity index (χ2n) is 5.93. The molecule has 1 N–H and O–H groups in total. The molecule has 2 saturated heterocycles. The van der Waals surface area contributed by atoms with Crippen LogP contribution in [-0.4, -0.2) is 60.3 Å². The third-order valence-corrected chi connectivity index (χ3v) is 3.96. The van der Waals surface area contributed by atoms with E-state index in [1.807, 2.05) is 0 Å². The van der Waals surface area contributed by atoms with Crippen molar-refractivity contribution in [3.8, 4) is 0 Å². The van der Waals surface area contributed by atoms with Gasteiger partial charge in [-0.3, -0.25) is 4.90 Å². The van der Waals surface area contributed by atoms with Gasteiger partial charge >= 0.3 is 0 Å². The van der Waals surface area contributed by atoms with Crippen LogP contribution in [0.4, 0.5) is 0 Å². The molecule has 3 heteroatoms. The Morgan fingerprint density at radius 1 is 1.19 bits per heavy atom. The van der Waals surface area contributed by atoms with E-state index >= 15 is 0 Å². The Morgan fingerprint density at radius 3 is 2.62 bits per heavy atom. The quantitative estimate of drug-likeness (QED) is 0.775. The van der Waals surface area contributed by atoms with Crippen LogP contribution in [-0.2, 0) is 0 Å².